The largest absolute Gasteiger partial charge is 0.455 e. The normalized spacial score (nSPS) is 11.3. The number of hydrogen-bond acceptors (Lipinski definition) is 3. The van der Waals surface area contributed by atoms with Crippen LogP contribution in [-0.4, -0.2) is 5.91 Å². The van der Waals surface area contributed by atoms with Gasteiger partial charge in [0.15, 0.2) is 0 Å². The summed E-state index contributed by atoms with van der Waals surface area (Å²) >= 11 is 0. The average Bonchev–Trinajstić information content (AvgIpc) is 2.76. The van der Waals surface area contributed by atoms with Crippen LogP contribution in [0.2, 0.25) is 0 Å². The van der Waals surface area contributed by atoms with Gasteiger partial charge in [0.1, 0.15) is 11.2 Å². The van der Waals surface area contributed by atoms with Crippen LogP contribution in [0.5, 0.6) is 0 Å². The summed E-state index contributed by atoms with van der Waals surface area (Å²) in [4.78, 5) is 25.8. The first-order valence-corrected chi connectivity index (χ1v) is 9.79. The van der Waals surface area contributed by atoms with Gasteiger partial charge < -0.3 is 9.73 Å². The maximum atomic E-state index is 12.9. The lowest BCUT2D eigenvalue weighted by atomic mass is 10.0. The van der Waals surface area contributed by atoms with Crippen LogP contribution in [0.3, 0.4) is 0 Å². The number of fused-ring (bicyclic) bond motifs is 3. The number of anilines is 1. The van der Waals surface area contributed by atoms with Crippen molar-refractivity contribution in [3.05, 3.63) is 99.7 Å². The van der Waals surface area contributed by atoms with E-state index in [0.29, 0.717) is 33.2 Å². The predicted octanol–water partition coefficient (Wildman–Crippen LogP) is 5.97. The molecule has 1 heterocycles. The first-order valence-electron chi connectivity index (χ1n) is 9.79. The van der Waals surface area contributed by atoms with Crippen molar-refractivity contribution in [3.63, 3.8) is 0 Å². The van der Waals surface area contributed by atoms with Crippen LogP contribution >= 0.6 is 0 Å². The number of rotatable bonds is 2. The zero-order chi connectivity index (χ0) is 20.8. The Morgan fingerprint density at radius 3 is 2.47 bits per heavy atom. The molecule has 4 heteroatoms. The smallest absolute Gasteiger partial charge is 0.256 e. The van der Waals surface area contributed by atoms with Crippen molar-refractivity contribution >= 4 is 44.3 Å². The first kappa shape index (κ1) is 18.1. The molecule has 0 fully saturated rings. The molecule has 4 aromatic carbocycles. The minimum atomic E-state index is -0.207. The second-order valence-electron chi connectivity index (χ2n) is 7.51. The molecule has 0 saturated heterocycles. The van der Waals surface area contributed by atoms with Gasteiger partial charge in [-0.1, -0.05) is 42.5 Å². The molecule has 146 valence electrons. The number of hydrogen-bond donors (Lipinski definition) is 1. The molecule has 4 nitrogen and oxygen atoms in total. The molecular formula is C26H19NO3. The fraction of sp³-hybridized carbons (Fsp3) is 0.0769. The zero-order valence-corrected chi connectivity index (χ0v) is 16.7. The van der Waals surface area contributed by atoms with Crippen molar-refractivity contribution in [2.45, 2.75) is 13.8 Å². The summed E-state index contributed by atoms with van der Waals surface area (Å²) < 4.78 is 6.09. The molecule has 1 aromatic heterocycles. The lowest BCUT2D eigenvalue weighted by Crippen LogP contribution is -2.12. The number of nitrogens with one attached hydrogen (secondary N) is 1. The third-order valence-electron chi connectivity index (χ3n) is 5.65. The summed E-state index contributed by atoms with van der Waals surface area (Å²) in [6, 6.07) is 22.3. The van der Waals surface area contributed by atoms with Gasteiger partial charge in [0.05, 0.1) is 10.8 Å². The van der Waals surface area contributed by atoms with Crippen LogP contribution in [0.1, 0.15) is 21.5 Å². The summed E-state index contributed by atoms with van der Waals surface area (Å²) in [6.07, 6.45) is 0. The van der Waals surface area contributed by atoms with Gasteiger partial charge in [-0.15, -0.1) is 0 Å². The SMILES string of the molecule is Cc1ccc2c(=O)c3ccc(NC(=O)c4cccc5ccccc45)cc3oc2c1C. The lowest BCUT2D eigenvalue weighted by Gasteiger charge is -2.10. The van der Waals surface area contributed by atoms with Crippen molar-refractivity contribution in [1.82, 2.24) is 0 Å². The second kappa shape index (κ2) is 6.85. The Balaban J connectivity index is 1.59. The van der Waals surface area contributed by atoms with E-state index in [2.05, 4.69) is 5.32 Å². The number of carbonyl (C=O) groups excluding carboxylic acids is 1. The van der Waals surface area contributed by atoms with E-state index in [1.807, 2.05) is 56.3 Å². The molecule has 30 heavy (non-hydrogen) atoms. The van der Waals surface area contributed by atoms with Gasteiger partial charge in [-0.2, -0.15) is 0 Å². The third-order valence-corrected chi connectivity index (χ3v) is 5.65. The maximum Gasteiger partial charge on any atom is 0.256 e. The van der Waals surface area contributed by atoms with E-state index in [0.717, 1.165) is 21.9 Å². The summed E-state index contributed by atoms with van der Waals surface area (Å²) in [7, 11) is 0. The highest BCUT2D eigenvalue weighted by atomic mass is 16.3. The standard InChI is InChI=1S/C26H19NO3/c1-15-10-12-22-24(28)21-13-11-18(14-23(21)30-25(22)16(15)2)27-26(29)20-9-5-7-17-6-3-4-8-19(17)20/h3-14H,1-2H3,(H,27,29). The fourth-order valence-corrected chi connectivity index (χ4v) is 3.85. The van der Waals surface area contributed by atoms with Gasteiger partial charge in [-0.05, 0) is 60.0 Å². The minimum Gasteiger partial charge on any atom is -0.455 e. The van der Waals surface area contributed by atoms with Crippen molar-refractivity contribution in [2.75, 3.05) is 5.32 Å². The van der Waals surface area contributed by atoms with Crippen LogP contribution in [0.25, 0.3) is 32.7 Å². The van der Waals surface area contributed by atoms with Gasteiger partial charge in [0.2, 0.25) is 5.43 Å². The molecule has 0 spiro atoms. The summed E-state index contributed by atoms with van der Waals surface area (Å²) in [5.41, 5.74) is 4.15. The topological polar surface area (TPSA) is 59.3 Å². The van der Waals surface area contributed by atoms with E-state index in [4.69, 9.17) is 4.42 Å². The molecule has 1 amide bonds. The van der Waals surface area contributed by atoms with E-state index in [9.17, 15) is 9.59 Å². The molecule has 0 radical (unpaired) electrons. The molecule has 0 bridgehead atoms. The molecule has 1 N–H and O–H groups in total. The van der Waals surface area contributed by atoms with Crippen LogP contribution < -0.4 is 10.7 Å². The van der Waals surface area contributed by atoms with Gasteiger partial charge >= 0.3 is 0 Å². The summed E-state index contributed by atoms with van der Waals surface area (Å²) in [5, 5.41) is 5.89. The summed E-state index contributed by atoms with van der Waals surface area (Å²) in [6.45, 7) is 3.93. The van der Waals surface area contributed by atoms with E-state index in [1.165, 1.54) is 0 Å². The van der Waals surface area contributed by atoms with Gasteiger partial charge in [-0.3, -0.25) is 9.59 Å². The second-order valence-corrected chi connectivity index (χ2v) is 7.51. The molecular weight excluding hydrogens is 374 g/mol. The fourth-order valence-electron chi connectivity index (χ4n) is 3.85. The molecule has 0 atom stereocenters. The molecule has 5 rings (SSSR count). The van der Waals surface area contributed by atoms with Gasteiger partial charge in [0, 0.05) is 17.3 Å². The Morgan fingerprint density at radius 2 is 1.60 bits per heavy atom. The molecule has 0 aliphatic heterocycles. The highest BCUT2D eigenvalue weighted by Crippen LogP contribution is 2.26. The number of benzene rings is 4. The minimum absolute atomic E-state index is 0.0683. The van der Waals surface area contributed by atoms with Crippen LogP contribution in [0.15, 0.2) is 82.0 Å². The first-order chi connectivity index (χ1) is 14.5. The highest BCUT2D eigenvalue weighted by molar-refractivity contribution is 6.13. The van der Waals surface area contributed by atoms with Gasteiger partial charge in [0.25, 0.3) is 5.91 Å². The van der Waals surface area contributed by atoms with E-state index >= 15 is 0 Å². The molecule has 0 aliphatic rings. The Morgan fingerprint density at radius 1 is 0.833 bits per heavy atom. The number of carbonyl (C=O) groups is 1. The Kier molecular flexibility index (Phi) is 4.14. The van der Waals surface area contributed by atoms with Crippen LogP contribution in [0, 0.1) is 13.8 Å². The molecule has 0 aliphatic carbocycles. The quantitative estimate of drug-likeness (QED) is 0.376. The third kappa shape index (κ3) is 2.85. The number of amides is 1. The van der Waals surface area contributed by atoms with Crippen molar-refractivity contribution in [1.29, 1.82) is 0 Å². The Labute approximate surface area is 172 Å². The molecule has 5 aromatic rings. The Bertz CT molecular complexity index is 1520. The monoisotopic (exact) mass is 393 g/mol. The summed E-state index contributed by atoms with van der Waals surface area (Å²) in [5.74, 6) is -0.207. The highest BCUT2D eigenvalue weighted by Gasteiger charge is 2.14. The van der Waals surface area contributed by atoms with E-state index in [-0.39, 0.29) is 11.3 Å². The number of aryl methyl sites for hydroxylation is 2. The average molecular weight is 393 g/mol. The van der Waals surface area contributed by atoms with Crippen molar-refractivity contribution in [2.24, 2.45) is 0 Å². The molecule has 0 saturated carbocycles. The van der Waals surface area contributed by atoms with E-state index in [1.54, 1.807) is 30.3 Å². The van der Waals surface area contributed by atoms with Crippen LogP contribution in [-0.2, 0) is 0 Å². The maximum absolute atomic E-state index is 12.9. The predicted molar refractivity (Wildman–Crippen MR) is 121 cm³/mol. The Hall–Kier alpha value is -3.92. The molecule has 0 unspecified atom stereocenters. The lowest BCUT2D eigenvalue weighted by molar-refractivity contribution is 0.102. The van der Waals surface area contributed by atoms with Crippen molar-refractivity contribution in [3.8, 4) is 0 Å². The van der Waals surface area contributed by atoms with Crippen molar-refractivity contribution < 1.29 is 9.21 Å². The zero-order valence-electron chi connectivity index (χ0n) is 16.7. The van der Waals surface area contributed by atoms with E-state index < -0.39 is 0 Å². The van der Waals surface area contributed by atoms with Crippen LogP contribution in [0.4, 0.5) is 5.69 Å². The van der Waals surface area contributed by atoms with Gasteiger partial charge in [-0.25, -0.2) is 0 Å².